The van der Waals surface area contributed by atoms with Gasteiger partial charge in [-0.2, -0.15) is 0 Å². The summed E-state index contributed by atoms with van der Waals surface area (Å²) in [5.74, 6) is 0.892. The van der Waals surface area contributed by atoms with Crippen LogP contribution in [0.15, 0.2) is 47.9 Å². The fourth-order valence-electron chi connectivity index (χ4n) is 1.66. The number of hydrogen-bond donors (Lipinski definition) is 0. The molecule has 0 bridgehead atoms. The summed E-state index contributed by atoms with van der Waals surface area (Å²) >= 11 is 0. The lowest BCUT2D eigenvalue weighted by molar-refractivity contribution is 0.293. The molecule has 1 rings (SSSR count). The van der Waals surface area contributed by atoms with Crippen molar-refractivity contribution in [2.24, 2.45) is 0 Å². The molecule has 0 spiro atoms. The largest absolute Gasteiger partial charge is 0.501 e. The molecule has 15 heavy (non-hydrogen) atoms. The van der Waals surface area contributed by atoms with Crippen LogP contribution in [0.4, 0.5) is 0 Å². The first-order chi connectivity index (χ1) is 7.13. The average molecular weight is 205 g/mol. The van der Waals surface area contributed by atoms with E-state index in [-0.39, 0.29) is 0 Å². The smallest absolute Gasteiger partial charge is 0.0931 e. The Bertz CT molecular complexity index is 336. The van der Waals surface area contributed by atoms with Crippen LogP contribution in [0.2, 0.25) is 0 Å². The van der Waals surface area contributed by atoms with Crippen LogP contribution in [-0.2, 0) is 4.74 Å². The third-order valence-electron chi connectivity index (χ3n) is 2.70. The molecule has 0 saturated heterocycles. The Kier molecular flexibility index (Phi) is 3.78. The standard InChI is InChI=1S/C13H19NO/c1-6-12-9-14(7-2)11(4)13(12)8-10(3)15-5/h6,8H,1,4,7,9H2,2-3,5H3/b10-8+. The highest BCUT2D eigenvalue weighted by Crippen LogP contribution is 2.28. The lowest BCUT2D eigenvalue weighted by Gasteiger charge is -2.17. The highest BCUT2D eigenvalue weighted by Gasteiger charge is 2.20. The second kappa shape index (κ2) is 4.87. The van der Waals surface area contributed by atoms with E-state index in [0.717, 1.165) is 30.1 Å². The third-order valence-corrected chi connectivity index (χ3v) is 2.70. The molecule has 0 saturated carbocycles. The van der Waals surface area contributed by atoms with Crippen molar-refractivity contribution in [1.29, 1.82) is 0 Å². The number of likely N-dealkylation sites (N-methyl/N-ethyl adjacent to an activating group) is 1. The number of allylic oxidation sites excluding steroid dienone is 2. The van der Waals surface area contributed by atoms with Gasteiger partial charge in [0.15, 0.2) is 0 Å². The fourth-order valence-corrected chi connectivity index (χ4v) is 1.66. The van der Waals surface area contributed by atoms with Crippen LogP contribution >= 0.6 is 0 Å². The van der Waals surface area contributed by atoms with Gasteiger partial charge in [0.25, 0.3) is 0 Å². The van der Waals surface area contributed by atoms with Crippen molar-refractivity contribution < 1.29 is 4.74 Å². The van der Waals surface area contributed by atoms with Crippen molar-refractivity contribution in [2.45, 2.75) is 13.8 Å². The Labute approximate surface area is 92.2 Å². The van der Waals surface area contributed by atoms with Crippen LogP contribution in [0, 0.1) is 0 Å². The van der Waals surface area contributed by atoms with Gasteiger partial charge >= 0.3 is 0 Å². The molecule has 82 valence electrons. The van der Waals surface area contributed by atoms with Gasteiger partial charge in [-0.1, -0.05) is 19.2 Å². The Hall–Kier alpha value is -1.44. The molecule has 0 radical (unpaired) electrons. The SMILES string of the molecule is C=CC1=C(/C=C(\C)OC)C(=C)N(CC)C1. The molecule has 0 aromatic carbocycles. The summed E-state index contributed by atoms with van der Waals surface area (Å²) in [6.45, 7) is 13.9. The van der Waals surface area contributed by atoms with Crippen LogP contribution in [0.5, 0.6) is 0 Å². The Balaban J connectivity index is 3.02. The maximum absolute atomic E-state index is 5.16. The van der Waals surface area contributed by atoms with Crippen molar-refractivity contribution in [2.75, 3.05) is 20.2 Å². The van der Waals surface area contributed by atoms with Crippen LogP contribution in [0.3, 0.4) is 0 Å². The van der Waals surface area contributed by atoms with Gasteiger partial charge in [0, 0.05) is 24.4 Å². The molecule has 0 atom stereocenters. The van der Waals surface area contributed by atoms with E-state index >= 15 is 0 Å². The molecule has 2 heteroatoms. The topological polar surface area (TPSA) is 12.5 Å². The Morgan fingerprint density at radius 3 is 2.73 bits per heavy atom. The lowest BCUT2D eigenvalue weighted by atomic mass is 10.1. The predicted octanol–water partition coefficient (Wildman–Crippen LogP) is 2.87. The number of nitrogens with zero attached hydrogens (tertiary/aromatic N) is 1. The molecule has 1 heterocycles. The normalized spacial score (nSPS) is 17.4. The minimum atomic E-state index is 0.892. The number of methoxy groups -OCH3 is 1. The molecule has 0 unspecified atom stereocenters. The van der Waals surface area contributed by atoms with Crippen LogP contribution in [0.25, 0.3) is 0 Å². The van der Waals surface area contributed by atoms with Crippen LogP contribution < -0.4 is 0 Å². The van der Waals surface area contributed by atoms with Gasteiger partial charge in [0.05, 0.1) is 12.9 Å². The summed E-state index contributed by atoms with van der Waals surface area (Å²) in [5, 5.41) is 0. The van der Waals surface area contributed by atoms with Gasteiger partial charge in [-0.15, -0.1) is 0 Å². The summed E-state index contributed by atoms with van der Waals surface area (Å²) in [6.07, 6.45) is 3.92. The number of hydrogen-bond acceptors (Lipinski definition) is 2. The maximum Gasteiger partial charge on any atom is 0.0931 e. The van der Waals surface area contributed by atoms with E-state index in [4.69, 9.17) is 4.74 Å². The maximum atomic E-state index is 5.16. The summed E-state index contributed by atoms with van der Waals surface area (Å²) in [5.41, 5.74) is 3.42. The van der Waals surface area contributed by atoms with E-state index in [1.165, 1.54) is 5.57 Å². The molecule has 0 aromatic rings. The van der Waals surface area contributed by atoms with Crippen molar-refractivity contribution >= 4 is 0 Å². The second-order valence-corrected chi connectivity index (χ2v) is 3.56. The van der Waals surface area contributed by atoms with Crippen LogP contribution in [-0.4, -0.2) is 25.1 Å². The predicted molar refractivity (Wildman–Crippen MR) is 64.4 cm³/mol. The van der Waals surface area contributed by atoms with Crippen molar-refractivity contribution in [1.82, 2.24) is 4.90 Å². The summed E-state index contributed by atoms with van der Waals surface area (Å²) < 4.78 is 5.16. The zero-order valence-corrected chi connectivity index (χ0v) is 9.84. The third kappa shape index (κ3) is 2.32. The van der Waals surface area contributed by atoms with Gasteiger partial charge in [0.1, 0.15) is 0 Å². The fraction of sp³-hybridized carbons (Fsp3) is 0.385. The molecule has 0 N–H and O–H groups in total. The molecule has 0 aliphatic carbocycles. The molecule has 1 aliphatic heterocycles. The monoisotopic (exact) mass is 205 g/mol. The van der Waals surface area contributed by atoms with Crippen molar-refractivity contribution in [3.63, 3.8) is 0 Å². The van der Waals surface area contributed by atoms with Crippen molar-refractivity contribution in [3.05, 3.63) is 47.9 Å². The number of rotatable bonds is 4. The van der Waals surface area contributed by atoms with Gasteiger partial charge in [-0.3, -0.25) is 0 Å². The van der Waals surface area contributed by atoms with E-state index in [2.05, 4.69) is 25.0 Å². The molecule has 1 aliphatic rings. The average Bonchev–Trinajstić information content (AvgIpc) is 2.55. The summed E-state index contributed by atoms with van der Waals surface area (Å²) in [7, 11) is 1.68. The van der Waals surface area contributed by atoms with Gasteiger partial charge < -0.3 is 9.64 Å². The zero-order valence-electron chi connectivity index (χ0n) is 9.84. The van der Waals surface area contributed by atoms with Gasteiger partial charge in [-0.25, -0.2) is 0 Å². The highest BCUT2D eigenvalue weighted by molar-refractivity contribution is 5.50. The first-order valence-corrected chi connectivity index (χ1v) is 5.16. The Morgan fingerprint density at radius 2 is 2.27 bits per heavy atom. The first-order valence-electron chi connectivity index (χ1n) is 5.16. The van der Waals surface area contributed by atoms with Crippen molar-refractivity contribution in [3.8, 4) is 0 Å². The van der Waals surface area contributed by atoms with Gasteiger partial charge in [-0.05, 0) is 25.5 Å². The molecule has 2 nitrogen and oxygen atoms in total. The molecule has 0 aromatic heterocycles. The number of ether oxygens (including phenoxy) is 1. The molecule has 0 fully saturated rings. The van der Waals surface area contributed by atoms with E-state index in [9.17, 15) is 0 Å². The molecular formula is C13H19NO. The molecular weight excluding hydrogens is 186 g/mol. The first kappa shape index (κ1) is 11.6. The highest BCUT2D eigenvalue weighted by atomic mass is 16.5. The Morgan fingerprint density at radius 1 is 1.60 bits per heavy atom. The van der Waals surface area contributed by atoms with E-state index in [1.54, 1.807) is 7.11 Å². The van der Waals surface area contributed by atoms with E-state index in [0.29, 0.717) is 0 Å². The summed E-state index contributed by atoms with van der Waals surface area (Å²) in [6, 6.07) is 0. The quantitative estimate of drug-likeness (QED) is 0.654. The lowest BCUT2D eigenvalue weighted by Crippen LogP contribution is -2.18. The molecule has 0 amide bonds. The van der Waals surface area contributed by atoms with E-state index < -0.39 is 0 Å². The zero-order chi connectivity index (χ0) is 11.4. The van der Waals surface area contributed by atoms with Crippen LogP contribution in [0.1, 0.15) is 13.8 Å². The van der Waals surface area contributed by atoms with E-state index in [1.807, 2.05) is 19.1 Å². The minimum Gasteiger partial charge on any atom is -0.501 e. The summed E-state index contributed by atoms with van der Waals surface area (Å²) in [4.78, 5) is 2.23. The second-order valence-electron chi connectivity index (χ2n) is 3.56. The van der Waals surface area contributed by atoms with Gasteiger partial charge in [0.2, 0.25) is 0 Å². The minimum absolute atomic E-state index is 0.892.